The Morgan fingerprint density at radius 3 is 1.53 bits per heavy atom. The summed E-state index contributed by atoms with van der Waals surface area (Å²) in [5, 5.41) is 18.4. The summed E-state index contributed by atoms with van der Waals surface area (Å²) in [4.78, 5) is 108. The molecule has 7 atom stereocenters. The number of guanidine groups is 1. The van der Waals surface area contributed by atoms with Crippen molar-refractivity contribution >= 4 is 69.1 Å². The number of benzene rings is 3. The first-order valence-corrected chi connectivity index (χ1v) is 24.5. The number of aromatic nitrogens is 2. The number of fused-ring (bicyclic) bond motifs is 2. The van der Waals surface area contributed by atoms with E-state index in [1.54, 1.807) is 36.7 Å². The molecule has 16 N–H and O–H groups in total. The average molecular weight is 990 g/mol. The van der Waals surface area contributed by atoms with Crippen LogP contribution in [0.4, 0.5) is 0 Å². The van der Waals surface area contributed by atoms with E-state index < -0.39 is 83.6 Å². The van der Waals surface area contributed by atoms with Crippen LogP contribution in [-0.4, -0.2) is 106 Å². The van der Waals surface area contributed by atoms with Gasteiger partial charge in [-0.3, -0.25) is 38.6 Å². The molecule has 0 aliphatic rings. The Kier molecular flexibility index (Phi) is 20.7. The van der Waals surface area contributed by atoms with Crippen LogP contribution in [0.15, 0.2) is 96.2 Å². The summed E-state index contributed by atoms with van der Waals surface area (Å²) in [6, 6.07) is 15.9. The number of aromatic amines is 2. The lowest BCUT2D eigenvalue weighted by molar-refractivity contribution is -0.135. The second kappa shape index (κ2) is 27.0. The van der Waals surface area contributed by atoms with Gasteiger partial charge < -0.3 is 64.8 Å². The Morgan fingerprint density at radius 2 is 1.01 bits per heavy atom. The zero-order chi connectivity index (χ0) is 52.3. The Balaban J connectivity index is 1.44. The van der Waals surface area contributed by atoms with Gasteiger partial charge in [0.1, 0.15) is 36.3 Å². The minimum absolute atomic E-state index is 0.0210. The number of nitrogens with one attached hydrogen (secondary N) is 8. The van der Waals surface area contributed by atoms with Crippen molar-refractivity contribution in [1.82, 2.24) is 41.9 Å². The van der Waals surface area contributed by atoms with Crippen LogP contribution in [0.25, 0.3) is 21.8 Å². The Bertz CT molecular complexity index is 2660. The molecule has 0 unspecified atom stereocenters. The van der Waals surface area contributed by atoms with Crippen LogP contribution in [0, 0.1) is 5.92 Å². The van der Waals surface area contributed by atoms with Crippen molar-refractivity contribution in [3.63, 3.8) is 0 Å². The molecule has 72 heavy (non-hydrogen) atoms. The number of primary amides is 1. The van der Waals surface area contributed by atoms with Gasteiger partial charge in [0.2, 0.25) is 41.4 Å². The smallest absolute Gasteiger partial charge is 0.243 e. The van der Waals surface area contributed by atoms with Crippen molar-refractivity contribution in [3.8, 4) is 0 Å². The zero-order valence-corrected chi connectivity index (χ0v) is 41.5. The first-order valence-electron chi connectivity index (χ1n) is 24.5. The predicted octanol–water partition coefficient (Wildman–Crippen LogP) is 1.71. The molecule has 2 heterocycles. The van der Waals surface area contributed by atoms with Crippen molar-refractivity contribution in [1.29, 1.82) is 0 Å². The van der Waals surface area contributed by atoms with Crippen LogP contribution in [0.1, 0.15) is 82.9 Å². The fourth-order valence-electron chi connectivity index (χ4n) is 8.34. The number of nitrogens with two attached hydrogens (primary N) is 4. The first kappa shape index (κ1) is 55.2. The fourth-order valence-corrected chi connectivity index (χ4v) is 8.34. The molecule has 386 valence electrons. The highest BCUT2D eigenvalue weighted by atomic mass is 16.2. The maximum Gasteiger partial charge on any atom is 0.243 e. The minimum atomic E-state index is -1.31. The van der Waals surface area contributed by atoms with E-state index in [0.717, 1.165) is 28.2 Å². The van der Waals surface area contributed by atoms with Crippen LogP contribution in [-0.2, 0) is 52.8 Å². The molecule has 2 aromatic heterocycles. The van der Waals surface area contributed by atoms with Crippen LogP contribution in [0.3, 0.4) is 0 Å². The van der Waals surface area contributed by atoms with Gasteiger partial charge in [0, 0.05) is 60.0 Å². The Labute approximate surface area is 419 Å². The number of nitrogens with zero attached hydrogens (tertiary/aromatic N) is 1. The van der Waals surface area contributed by atoms with Gasteiger partial charge in [0.05, 0.1) is 6.04 Å². The van der Waals surface area contributed by atoms with E-state index in [4.69, 9.17) is 22.9 Å². The molecular formula is C52H71N13O7. The van der Waals surface area contributed by atoms with Crippen LogP contribution in [0.2, 0.25) is 0 Å². The Morgan fingerprint density at radius 1 is 0.542 bits per heavy atom. The highest BCUT2D eigenvalue weighted by molar-refractivity contribution is 5.98. The van der Waals surface area contributed by atoms with E-state index in [0.29, 0.717) is 36.0 Å². The van der Waals surface area contributed by atoms with E-state index in [9.17, 15) is 33.6 Å². The molecule has 0 bridgehead atoms. The molecule has 0 aliphatic heterocycles. The molecule has 20 nitrogen and oxygen atoms in total. The van der Waals surface area contributed by atoms with Gasteiger partial charge in [-0.15, -0.1) is 0 Å². The van der Waals surface area contributed by atoms with Gasteiger partial charge in [-0.25, -0.2) is 0 Å². The second-order valence-corrected chi connectivity index (χ2v) is 18.6. The molecule has 7 amide bonds. The van der Waals surface area contributed by atoms with Crippen molar-refractivity contribution in [2.45, 2.75) is 128 Å². The van der Waals surface area contributed by atoms with E-state index in [1.807, 2.05) is 75.4 Å². The fraction of sp³-hybridized carbons (Fsp3) is 0.423. The summed E-state index contributed by atoms with van der Waals surface area (Å²) >= 11 is 0. The number of rotatable bonds is 28. The normalized spacial score (nSPS) is 14.2. The highest BCUT2D eigenvalue weighted by Crippen LogP contribution is 2.21. The quantitative estimate of drug-likeness (QED) is 0.0196. The van der Waals surface area contributed by atoms with E-state index in [1.165, 1.54) is 6.92 Å². The van der Waals surface area contributed by atoms with Crippen LogP contribution in [0.5, 0.6) is 0 Å². The number of amides is 7. The van der Waals surface area contributed by atoms with Gasteiger partial charge in [-0.1, -0.05) is 100 Å². The summed E-state index contributed by atoms with van der Waals surface area (Å²) in [7, 11) is 0. The average Bonchev–Trinajstić information content (AvgIpc) is 3.96. The second-order valence-electron chi connectivity index (χ2n) is 18.6. The number of H-pyrrole nitrogens is 2. The topological polar surface area (TPSA) is 340 Å². The monoisotopic (exact) mass is 990 g/mol. The summed E-state index contributed by atoms with van der Waals surface area (Å²) < 4.78 is 0. The predicted molar refractivity (Wildman–Crippen MR) is 277 cm³/mol. The third kappa shape index (κ3) is 16.4. The summed E-state index contributed by atoms with van der Waals surface area (Å²) in [6.45, 7) is 7.45. The lowest BCUT2D eigenvalue weighted by Crippen LogP contribution is -2.60. The van der Waals surface area contributed by atoms with Gasteiger partial charge in [-0.05, 0) is 67.3 Å². The number of hydrogen-bond donors (Lipinski definition) is 12. The number of aliphatic imine (C=N–C) groups is 1. The molecule has 20 heteroatoms. The van der Waals surface area contributed by atoms with E-state index >= 15 is 0 Å². The molecule has 0 saturated heterocycles. The lowest BCUT2D eigenvalue weighted by atomic mass is 9.99. The Hall–Kier alpha value is -7.74. The lowest BCUT2D eigenvalue weighted by Gasteiger charge is -2.28. The van der Waals surface area contributed by atoms with Crippen molar-refractivity contribution < 1.29 is 33.6 Å². The van der Waals surface area contributed by atoms with Gasteiger partial charge >= 0.3 is 0 Å². The van der Waals surface area contributed by atoms with Gasteiger partial charge in [0.15, 0.2) is 5.96 Å². The summed E-state index contributed by atoms with van der Waals surface area (Å²) in [5.41, 5.74) is 26.2. The first-order chi connectivity index (χ1) is 34.4. The maximum absolute atomic E-state index is 14.9. The summed E-state index contributed by atoms with van der Waals surface area (Å²) in [5.74, 6) is -4.86. The molecule has 0 saturated carbocycles. The standard InChI is InChI=1S/C52H71N13O7/c1-5-6-20-40(45(54)66)61-48(69)41(24-30(2)3)63-51(72)44(27-34-29-59-39-22-13-11-18-36(34)39)65-49(70)42(25-32-15-8-7-9-16-32)64-50(71)43(26-33-28-58-38-21-12-10-17-35(33)38)62-46(67)31(4)60-47(68)37(53)19-14-23-57-52(55)56/h7-13,15-18,21-22,28-31,37,40-44,58-59H,5-6,14,19-20,23-27,53H2,1-4H3,(H2,54,66)(H,60,68)(H,61,69)(H,62,67)(H,63,72)(H,64,71)(H,65,70)(H4,55,56,57)/t31-,37-,40-,41-,42-,43+,44+/m0/s1. The molecule has 0 spiro atoms. The number of para-hydroxylation sites is 2. The van der Waals surface area contributed by atoms with Crippen LogP contribution < -0.4 is 54.8 Å². The number of carbonyl (C=O) groups excluding carboxylic acids is 7. The molecule has 3 aromatic carbocycles. The molecule has 0 fully saturated rings. The van der Waals surface area contributed by atoms with E-state index in [-0.39, 0.29) is 50.5 Å². The third-order valence-corrected chi connectivity index (χ3v) is 12.3. The molecule has 0 radical (unpaired) electrons. The zero-order valence-electron chi connectivity index (χ0n) is 41.5. The van der Waals surface area contributed by atoms with Crippen molar-refractivity contribution in [3.05, 3.63) is 108 Å². The van der Waals surface area contributed by atoms with Crippen molar-refractivity contribution in [2.75, 3.05) is 6.54 Å². The molecule has 5 aromatic rings. The number of hydrogen-bond acceptors (Lipinski definition) is 9. The van der Waals surface area contributed by atoms with Crippen LogP contribution >= 0.6 is 0 Å². The molecular weight excluding hydrogens is 919 g/mol. The SMILES string of the molecule is CCCC[C@H](NC(=O)[C@H](CC(C)C)NC(=O)[C@@H](Cc1c[nH]c2ccccc12)NC(=O)[C@H](Cc1ccccc1)NC(=O)[C@@H](Cc1c[nH]c2ccccc12)NC(=O)[C@H](C)NC(=O)[C@@H](N)CCCN=C(N)N)C(N)=O. The van der Waals surface area contributed by atoms with Gasteiger partial charge in [0.25, 0.3) is 0 Å². The van der Waals surface area contributed by atoms with E-state index in [2.05, 4.69) is 46.9 Å². The summed E-state index contributed by atoms with van der Waals surface area (Å²) in [6.07, 6.45) is 6.01. The molecule has 5 rings (SSSR count). The largest absolute Gasteiger partial charge is 0.370 e. The number of carbonyl (C=O) groups is 7. The number of unbranched alkanes of at least 4 members (excludes halogenated alkanes) is 1. The van der Waals surface area contributed by atoms with Gasteiger partial charge in [-0.2, -0.15) is 0 Å². The minimum Gasteiger partial charge on any atom is -0.370 e. The third-order valence-electron chi connectivity index (χ3n) is 12.3. The molecule has 0 aliphatic carbocycles. The van der Waals surface area contributed by atoms with Crippen molar-refractivity contribution in [2.24, 2.45) is 33.8 Å². The maximum atomic E-state index is 14.9. The highest BCUT2D eigenvalue weighted by Gasteiger charge is 2.34.